The number of anilines is 1. The van der Waals surface area contributed by atoms with Crippen molar-refractivity contribution in [1.29, 1.82) is 0 Å². The Hall–Kier alpha value is -2.20. The highest BCUT2D eigenvalue weighted by Crippen LogP contribution is 2.36. The summed E-state index contributed by atoms with van der Waals surface area (Å²) in [5, 5.41) is 12.2. The van der Waals surface area contributed by atoms with Gasteiger partial charge in [-0.2, -0.15) is 0 Å². The number of hydrogen-bond donors (Lipinski definition) is 2. The Morgan fingerprint density at radius 2 is 1.87 bits per heavy atom. The Balaban J connectivity index is 1.58. The number of pyridine rings is 1. The third-order valence-corrected chi connectivity index (χ3v) is 4.71. The number of carbonyl (C=O) groups excluding carboxylic acids is 1. The molecule has 1 heterocycles. The summed E-state index contributed by atoms with van der Waals surface area (Å²) in [6, 6.07) is 12.3. The lowest BCUT2D eigenvalue weighted by atomic mass is 9.78. The van der Waals surface area contributed by atoms with Crippen LogP contribution in [-0.4, -0.2) is 16.0 Å². The lowest BCUT2D eigenvalue weighted by Gasteiger charge is -2.28. The van der Waals surface area contributed by atoms with Crippen LogP contribution in [-0.2, 0) is 11.4 Å². The standard InChI is InChI=1S/C19H22N2O2/c22-13-17-10-11-20-12-18(17)21-19(23)16-8-6-15(7-9-16)14-4-2-1-3-5-14/h1-5,10-12,15-16,22H,6-9,13H2,(H,21,23). The van der Waals surface area contributed by atoms with E-state index in [0.717, 1.165) is 25.7 Å². The fourth-order valence-electron chi connectivity index (χ4n) is 3.32. The minimum absolute atomic E-state index is 0.0409. The zero-order valence-corrected chi connectivity index (χ0v) is 13.1. The first-order valence-electron chi connectivity index (χ1n) is 8.17. The van der Waals surface area contributed by atoms with Gasteiger partial charge >= 0.3 is 0 Å². The first kappa shape index (κ1) is 15.7. The summed E-state index contributed by atoms with van der Waals surface area (Å²) in [4.78, 5) is 16.5. The third kappa shape index (κ3) is 3.77. The van der Waals surface area contributed by atoms with E-state index in [1.165, 1.54) is 5.56 Å². The van der Waals surface area contributed by atoms with Crippen LogP contribution in [0.5, 0.6) is 0 Å². The highest BCUT2D eigenvalue weighted by Gasteiger charge is 2.27. The van der Waals surface area contributed by atoms with Gasteiger partial charge in [0, 0.05) is 17.7 Å². The minimum Gasteiger partial charge on any atom is -0.392 e. The predicted octanol–water partition coefficient (Wildman–Crippen LogP) is 3.49. The summed E-state index contributed by atoms with van der Waals surface area (Å²) in [5.41, 5.74) is 2.69. The van der Waals surface area contributed by atoms with Gasteiger partial charge < -0.3 is 10.4 Å². The smallest absolute Gasteiger partial charge is 0.227 e. The molecule has 2 aromatic rings. The number of hydrogen-bond acceptors (Lipinski definition) is 3. The quantitative estimate of drug-likeness (QED) is 0.908. The van der Waals surface area contributed by atoms with Crippen molar-refractivity contribution in [2.75, 3.05) is 5.32 Å². The van der Waals surface area contributed by atoms with Crippen LogP contribution in [0.3, 0.4) is 0 Å². The number of rotatable bonds is 4. The second-order valence-electron chi connectivity index (χ2n) is 6.14. The van der Waals surface area contributed by atoms with Gasteiger partial charge in [0.15, 0.2) is 0 Å². The van der Waals surface area contributed by atoms with Gasteiger partial charge in [-0.25, -0.2) is 0 Å². The number of amides is 1. The molecule has 2 N–H and O–H groups in total. The molecule has 0 radical (unpaired) electrons. The molecule has 120 valence electrons. The van der Waals surface area contributed by atoms with Gasteiger partial charge in [-0.15, -0.1) is 0 Å². The molecule has 3 rings (SSSR count). The number of aliphatic hydroxyl groups excluding tert-OH is 1. The number of aliphatic hydroxyl groups is 1. The molecule has 1 aromatic heterocycles. The van der Waals surface area contributed by atoms with Crippen molar-refractivity contribution in [3.63, 3.8) is 0 Å². The van der Waals surface area contributed by atoms with Gasteiger partial charge in [0.05, 0.1) is 18.5 Å². The van der Waals surface area contributed by atoms with E-state index in [1.807, 2.05) is 6.07 Å². The number of nitrogens with one attached hydrogen (secondary N) is 1. The summed E-state index contributed by atoms with van der Waals surface area (Å²) in [6.45, 7) is -0.0983. The van der Waals surface area contributed by atoms with Gasteiger partial charge in [-0.1, -0.05) is 30.3 Å². The Bertz CT molecular complexity index is 649. The summed E-state index contributed by atoms with van der Waals surface area (Å²) in [6.07, 6.45) is 7.11. The molecule has 0 unspecified atom stereocenters. The topological polar surface area (TPSA) is 62.2 Å². The average Bonchev–Trinajstić information content (AvgIpc) is 2.63. The van der Waals surface area contributed by atoms with Crippen LogP contribution in [0.25, 0.3) is 0 Å². The highest BCUT2D eigenvalue weighted by atomic mass is 16.3. The van der Waals surface area contributed by atoms with Gasteiger partial charge in [0.2, 0.25) is 5.91 Å². The Labute approximate surface area is 136 Å². The van der Waals surface area contributed by atoms with E-state index in [0.29, 0.717) is 17.2 Å². The molecule has 0 spiro atoms. The van der Waals surface area contributed by atoms with Crippen LogP contribution >= 0.6 is 0 Å². The average molecular weight is 310 g/mol. The monoisotopic (exact) mass is 310 g/mol. The van der Waals surface area contributed by atoms with Gasteiger partial charge in [-0.05, 0) is 43.2 Å². The molecule has 1 amide bonds. The van der Waals surface area contributed by atoms with Crippen molar-refractivity contribution in [1.82, 2.24) is 4.98 Å². The first-order chi connectivity index (χ1) is 11.3. The maximum atomic E-state index is 12.5. The zero-order valence-electron chi connectivity index (χ0n) is 13.1. The summed E-state index contributed by atoms with van der Waals surface area (Å²) in [7, 11) is 0. The summed E-state index contributed by atoms with van der Waals surface area (Å²) < 4.78 is 0. The number of carbonyl (C=O) groups is 1. The first-order valence-corrected chi connectivity index (χ1v) is 8.17. The van der Waals surface area contributed by atoms with Crippen molar-refractivity contribution in [2.24, 2.45) is 5.92 Å². The van der Waals surface area contributed by atoms with Crippen LogP contribution in [0.15, 0.2) is 48.8 Å². The van der Waals surface area contributed by atoms with E-state index < -0.39 is 0 Å². The zero-order chi connectivity index (χ0) is 16.1. The number of nitrogens with zero attached hydrogens (tertiary/aromatic N) is 1. The molecule has 1 aliphatic carbocycles. The largest absolute Gasteiger partial charge is 0.392 e. The fraction of sp³-hybridized carbons (Fsp3) is 0.368. The van der Waals surface area contributed by atoms with E-state index >= 15 is 0 Å². The van der Waals surface area contributed by atoms with Crippen molar-refractivity contribution >= 4 is 11.6 Å². The molecular formula is C19H22N2O2. The van der Waals surface area contributed by atoms with E-state index in [-0.39, 0.29) is 18.4 Å². The molecular weight excluding hydrogens is 288 g/mol. The van der Waals surface area contributed by atoms with Crippen molar-refractivity contribution in [3.05, 3.63) is 59.9 Å². The molecule has 1 aliphatic rings. The lowest BCUT2D eigenvalue weighted by Crippen LogP contribution is -2.27. The third-order valence-electron chi connectivity index (χ3n) is 4.71. The molecule has 1 fully saturated rings. The molecule has 23 heavy (non-hydrogen) atoms. The van der Waals surface area contributed by atoms with Gasteiger partial charge in [0.25, 0.3) is 0 Å². The maximum absolute atomic E-state index is 12.5. The van der Waals surface area contributed by atoms with E-state index in [2.05, 4.69) is 34.6 Å². The Kier molecular flexibility index (Phi) is 5.03. The van der Waals surface area contributed by atoms with Crippen LogP contribution in [0.2, 0.25) is 0 Å². The van der Waals surface area contributed by atoms with Gasteiger partial charge in [-0.3, -0.25) is 9.78 Å². The van der Waals surface area contributed by atoms with Crippen molar-refractivity contribution in [3.8, 4) is 0 Å². The molecule has 4 heteroatoms. The van der Waals surface area contributed by atoms with Crippen molar-refractivity contribution < 1.29 is 9.90 Å². The van der Waals surface area contributed by atoms with E-state index in [4.69, 9.17) is 0 Å². The maximum Gasteiger partial charge on any atom is 0.227 e. The number of aromatic nitrogens is 1. The van der Waals surface area contributed by atoms with Crippen LogP contribution in [0.1, 0.15) is 42.7 Å². The fourth-order valence-corrected chi connectivity index (χ4v) is 3.32. The second-order valence-corrected chi connectivity index (χ2v) is 6.14. The summed E-state index contributed by atoms with van der Waals surface area (Å²) >= 11 is 0. The summed E-state index contributed by atoms with van der Waals surface area (Å²) in [5.74, 6) is 0.646. The SMILES string of the molecule is O=C(Nc1cnccc1CO)C1CCC(c2ccccc2)CC1. The number of benzene rings is 1. The van der Waals surface area contributed by atoms with Crippen LogP contribution < -0.4 is 5.32 Å². The molecule has 0 aliphatic heterocycles. The molecule has 0 saturated heterocycles. The lowest BCUT2D eigenvalue weighted by molar-refractivity contribution is -0.120. The van der Waals surface area contributed by atoms with Crippen molar-refractivity contribution in [2.45, 2.75) is 38.2 Å². The molecule has 0 atom stereocenters. The normalized spacial score (nSPS) is 20.9. The van der Waals surface area contributed by atoms with Crippen LogP contribution in [0, 0.1) is 5.92 Å². The van der Waals surface area contributed by atoms with E-state index in [9.17, 15) is 9.90 Å². The minimum atomic E-state index is -0.0983. The Morgan fingerprint density at radius 3 is 2.57 bits per heavy atom. The molecule has 1 aromatic carbocycles. The Morgan fingerprint density at radius 1 is 1.13 bits per heavy atom. The van der Waals surface area contributed by atoms with Gasteiger partial charge in [0.1, 0.15) is 0 Å². The second kappa shape index (κ2) is 7.38. The van der Waals surface area contributed by atoms with E-state index in [1.54, 1.807) is 18.5 Å². The molecule has 0 bridgehead atoms. The molecule has 4 nitrogen and oxygen atoms in total. The molecule has 1 saturated carbocycles. The van der Waals surface area contributed by atoms with Crippen LogP contribution in [0.4, 0.5) is 5.69 Å². The predicted molar refractivity (Wildman–Crippen MR) is 89.9 cm³/mol. The highest BCUT2D eigenvalue weighted by molar-refractivity contribution is 5.93.